The number of piperidine rings is 1. The molecule has 0 radical (unpaired) electrons. The highest BCUT2D eigenvalue weighted by molar-refractivity contribution is 5.98. The number of likely N-dealkylation sites (tertiary alicyclic amines) is 1. The van der Waals surface area contributed by atoms with Gasteiger partial charge in [-0.3, -0.25) is 4.79 Å². The Morgan fingerprint density at radius 2 is 2.23 bits per heavy atom. The Morgan fingerprint density at radius 3 is 3.12 bits per heavy atom. The van der Waals surface area contributed by atoms with Crippen LogP contribution >= 0.6 is 0 Å². The van der Waals surface area contributed by atoms with Crippen LogP contribution in [0.5, 0.6) is 11.9 Å². The van der Waals surface area contributed by atoms with Gasteiger partial charge in [-0.15, -0.1) is 0 Å². The minimum Gasteiger partial charge on any atom is -0.472 e. The Hall–Kier alpha value is -3.09. The number of aromatic nitrogens is 3. The molecule has 1 N–H and O–H groups in total. The summed E-state index contributed by atoms with van der Waals surface area (Å²) in [5.74, 6) is 0.492. The first-order valence-corrected chi connectivity index (χ1v) is 8.63. The Kier molecular flexibility index (Phi) is 4.43. The molecule has 0 aliphatic carbocycles. The molecule has 0 saturated carbocycles. The summed E-state index contributed by atoms with van der Waals surface area (Å²) in [6.45, 7) is 1.27. The lowest BCUT2D eigenvalue weighted by Crippen LogP contribution is -2.44. The second-order valence-corrected chi connectivity index (χ2v) is 6.29. The van der Waals surface area contributed by atoms with Gasteiger partial charge in [-0.25, -0.2) is 4.98 Å². The Balaban J connectivity index is 1.46. The number of rotatable bonds is 4. The number of methoxy groups -OCH3 is 1. The van der Waals surface area contributed by atoms with E-state index in [-0.39, 0.29) is 18.0 Å². The van der Waals surface area contributed by atoms with Crippen LogP contribution in [0.15, 0.2) is 42.7 Å². The molecule has 1 atom stereocenters. The maximum absolute atomic E-state index is 12.9. The molecule has 2 aromatic heterocycles. The zero-order chi connectivity index (χ0) is 17.9. The van der Waals surface area contributed by atoms with Crippen molar-refractivity contribution in [1.29, 1.82) is 0 Å². The fourth-order valence-corrected chi connectivity index (χ4v) is 3.25. The van der Waals surface area contributed by atoms with Gasteiger partial charge in [0.25, 0.3) is 5.91 Å². The zero-order valence-corrected chi connectivity index (χ0v) is 14.5. The molecule has 0 bridgehead atoms. The van der Waals surface area contributed by atoms with E-state index in [1.807, 2.05) is 35.4 Å². The molecule has 0 spiro atoms. The van der Waals surface area contributed by atoms with Crippen molar-refractivity contribution in [3.05, 3.63) is 48.3 Å². The van der Waals surface area contributed by atoms with E-state index in [1.54, 1.807) is 12.3 Å². The van der Waals surface area contributed by atoms with E-state index < -0.39 is 0 Å². The van der Waals surface area contributed by atoms with Gasteiger partial charge in [0.1, 0.15) is 6.10 Å². The Labute approximate surface area is 151 Å². The van der Waals surface area contributed by atoms with Crippen LogP contribution in [-0.4, -0.2) is 52.1 Å². The fraction of sp³-hybridized carbons (Fsp3) is 0.316. The fourth-order valence-electron chi connectivity index (χ4n) is 3.25. The summed E-state index contributed by atoms with van der Waals surface area (Å²) in [6, 6.07) is 9.66. The second kappa shape index (κ2) is 7.03. The maximum Gasteiger partial charge on any atom is 0.319 e. The minimum absolute atomic E-state index is 0.0293. The molecule has 3 heterocycles. The molecule has 1 fully saturated rings. The third-order valence-electron chi connectivity index (χ3n) is 4.54. The van der Waals surface area contributed by atoms with Gasteiger partial charge in [-0.05, 0) is 37.1 Å². The highest BCUT2D eigenvalue weighted by Gasteiger charge is 2.26. The van der Waals surface area contributed by atoms with Crippen molar-refractivity contribution in [2.24, 2.45) is 0 Å². The monoisotopic (exact) mass is 352 g/mol. The van der Waals surface area contributed by atoms with Gasteiger partial charge >= 0.3 is 6.01 Å². The van der Waals surface area contributed by atoms with E-state index in [4.69, 9.17) is 9.47 Å². The van der Waals surface area contributed by atoms with Crippen LogP contribution in [0.2, 0.25) is 0 Å². The number of hydrogen-bond donors (Lipinski definition) is 1. The first kappa shape index (κ1) is 16.4. The predicted molar refractivity (Wildman–Crippen MR) is 96.4 cm³/mol. The number of H-pyrrole nitrogens is 1. The summed E-state index contributed by atoms with van der Waals surface area (Å²) in [7, 11) is 1.52. The molecule has 1 aliphatic heterocycles. The van der Waals surface area contributed by atoms with Crippen LogP contribution in [-0.2, 0) is 0 Å². The van der Waals surface area contributed by atoms with E-state index >= 15 is 0 Å². The number of nitrogens with zero attached hydrogens (tertiary/aromatic N) is 3. The number of benzene rings is 1. The predicted octanol–water partition coefficient (Wildman–Crippen LogP) is 2.65. The summed E-state index contributed by atoms with van der Waals surface area (Å²) in [6.07, 6.45) is 5.15. The van der Waals surface area contributed by atoms with Crippen LogP contribution in [0.1, 0.15) is 23.2 Å². The average Bonchev–Trinajstić information content (AvgIpc) is 3.15. The van der Waals surface area contributed by atoms with Crippen LogP contribution < -0.4 is 9.47 Å². The first-order chi connectivity index (χ1) is 12.7. The van der Waals surface area contributed by atoms with Crippen molar-refractivity contribution in [1.82, 2.24) is 19.9 Å². The second-order valence-electron chi connectivity index (χ2n) is 6.29. The number of hydrogen-bond acceptors (Lipinski definition) is 5. The highest BCUT2D eigenvalue weighted by Crippen LogP contribution is 2.21. The van der Waals surface area contributed by atoms with Gasteiger partial charge in [0, 0.05) is 41.5 Å². The third-order valence-corrected chi connectivity index (χ3v) is 4.54. The first-order valence-electron chi connectivity index (χ1n) is 8.63. The number of fused-ring (bicyclic) bond motifs is 1. The van der Waals surface area contributed by atoms with E-state index in [1.165, 1.54) is 7.11 Å². The van der Waals surface area contributed by atoms with Crippen molar-refractivity contribution in [2.45, 2.75) is 18.9 Å². The number of amides is 1. The van der Waals surface area contributed by atoms with E-state index in [9.17, 15) is 4.79 Å². The molecule has 134 valence electrons. The molecular formula is C19H20N4O3. The summed E-state index contributed by atoms with van der Waals surface area (Å²) in [5, 5.41) is 1.04. The molecule has 1 aromatic carbocycles. The van der Waals surface area contributed by atoms with Crippen LogP contribution in [0.3, 0.4) is 0 Å². The minimum atomic E-state index is -0.0942. The maximum atomic E-state index is 12.9. The topological polar surface area (TPSA) is 80.3 Å². The number of aromatic amines is 1. The molecule has 3 aromatic rings. The van der Waals surface area contributed by atoms with Gasteiger partial charge in [-0.2, -0.15) is 4.98 Å². The summed E-state index contributed by atoms with van der Waals surface area (Å²) in [5.41, 5.74) is 1.72. The van der Waals surface area contributed by atoms with E-state index in [2.05, 4.69) is 15.0 Å². The normalized spacial score (nSPS) is 17.3. The van der Waals surface area contributed by atoms with Gasteiger partial charge in [0.15, 0.2) is 0 Å². The molecule has 1 unspecified atom stereocenters. The van der Waals surface area contributed by atoms with Gasteiger partial charge in [0.2, 0.25) is 5.88 Å². The molecule has 7 heteroatoms. The highest BCUT2D eigenvalue weighted by atomic mass is 16.5. The summed E-state index contributed by atoms with van der Waals surface area (Å²) < 4.78 is 11.0. The van der Waals surface area contributed by atoms with Gasteiger partial charge in [0.05, 0.1) is 13.7 Å². The molecule has 1 amide bonds. The molecule has 26 heavy (non-hydrogen) atoms. The number of nitrogens with one attached hydrogen (secondary N) is 1. The molecule has 1 aliphatic rings. The van der Waals surface area contributed by atoms with Crippen molar-refractivity contribution in [2.75, 3.05) is 20.2 Å². The lowest BCUT2D eigenvalue weighted by Gasteiger charge is -2.32. The van der Waals surface area contributed by atoms with Crippen molar-refractivity contribution in [3.63, 3.8) is 0 Å². The number of ether oxygens (including phenoxy) is 2. The molecule has 7 nitrogen and oxygen atoms in total. The van der Waals surface area contributed by atoms with E-state index in [0.29, 0.717) is 18.0 Å². The average molecular weight is 352 g/mol. The number of carbonyl (C=O) groups is 1. The quantitative estimate of drug-likeness (QED) is 0.781. The summed E-state index contributed by atoms with van der Waals surface area (Å²) >= 11 is 0. The summed E-state index contributed by atoms with van der Waals surface area (Å²) in [4.78, 5) is 26.0. The van der Waals surface area contributed by atoms with Gasteiger partial charge < -0.3 is 19.4 Å². The Bertz CT molecular complexity index is 924. The molecular weight excluding hydrogens is 332 g/mol. The smallest absolute Gasteiger partial charge is 0.319 e. The van der Waals surface area contributed by atoms with E-state index in [0.717, 1.165) is 30.3 Å². The standard InChI is InChI=1S/C19H20N4O3/c1-25-19-21-9-7-17(22-19)26-15-3-2-10-23(12-15)18(24)14-4-5-16-13(11-14)6-8-20-16/h4-9,11,15,20H,2-3,10,12H2,1H3. The van der Waals surface area contributed by atoms with Gasteiger partial charge in [-0.1, -0.05) is 0 Å². The van der Waals surface area contributed by atoms with Crippen molar-refractivity contribution < 1.29 is 14.3 Å². The SMILES string of the molecule is COc1nccc(OC2CCCN(C(=O)c3ccc4[nH]ccc4c3)C2)n1. The lowest BCUT2D eigenvalue weighted by molar-refractivity contribution is 0.0526. The third kappa shape index (κ3) is 3.33. The Morgan fingerprint density at radius 1 is 1.31 bits per heavy atom. The molecule has 4 rings (SSSR count). The van der Waals surface area contributed by atoms with Crippen LogP contribution in [0.25, 0.3) is 10.9 Å². The van der Waals surface area contributed by atoms with Crippen molar-refractivity contribution in [3.8, 4) is 11.9 Å². The number of carbonyl (C=O) groups excluding carboxylic acids is 1. The van der Waals surface area contributed by atoms with Crippen LogP contribution in [0.4, 0.5) is 0 Å². The van der Waals surface area contributed by atoms with Crippen molar-refractivity contribution >= 4 is 16.8 Å². The zero-order valence-electron chi connectivity index (χ0n) is 14.5. The largest absolute Gasteiger partial charge is 0.472 e. The lowest BCUT2D eigenvalue weighted by atomic mass is 10.1. The molecule has 1 saturated heterocycles. The van der Waals surface area contributed by atoms with Crippen LogP contribution in [0, 0.1) is 0 Å².